The lowest BCUT2D eigenvalue weighted by Crippen LogP contribution is -2.09. The maximum Gasteiger partial charge on any atom is 0.107 e. The van der Waals surface area contributed by atoms with Crippen molar-refractivity contribution in [3.05, 3.63) is 36.0 Å². The monoisotopic (exact) mass is 222 g/mol. The number of aromatic nitrogens is 1. The van der Waals surface area contributed by atoms with Gasteiger partial charge in [0.1, 0.15) is 11.7 Å². The Morgan fingerprint density at radius 2 is 2.20 bits per heavy atom. The number of hydrogen-bond donors (Lipinski definition) is 1. The van der Waals surface area contributed by atoms with E-state index in [1.54, 1.807) is 0 Å². The summed E-state index contributed by atoms with van der Waals surface area (Å²) in [5, 5.41) is 1.07. The fourth-order valence-electron chi connectivity index (χ4n) is 1.62. The third-order valence-corrected chi connectivity index (χ3v) is 2.62. The number of nitrogens with two attached hydrogens (primary N) is 1. The van der Waals surface area contributed by atoms with E-state index in [1.807, 2.05) is 35.0 Å². The van der Waals surface area contributed by atoms with Gasteiger partial charge in [-0.15, -0.1) is 0 Å². The lowest BCUT2D eigenvalue weighted by atomic mass is 10.1. The molecule has 0 unspecified atom stereocenters. The molecule has 2 rings (SSSR count). The molecule has 1 aromatic heterocycles. The highest BCUT2D eigenvalue weighted by Gasteiger charge is 2.03. The number of hydrogen-bond acceptors (Lipinski definition) is 1. The summed E-state index contributed by atoms with van der Waals surface area (Å²) in [7, 11) is 0. The van der Waals surface area contributed by atoms with E-state index in [-0.39, 0.29) is 6.67 Å². The minimum absolute atomic E-state index is 0.365. The predicted octanol–water partition coefficient (Wildman–Crippen LogP) is 2.25. The van der Waals surface area contributed by atoms with Gasteiger partial charge in [0.25, 0.3) is 0 Å². The van der Waals surface area contributed by atoms with Crippen molar-refractivity contribution in [1.29, 1.82) is 0 Å². The average Bonchev–Trinajstić information content (AvgIpc) is 2.61. The van der Waals surface area contributed by atoms with Gasteiger partial charge in [-0.1, -0.05) is 24.4 Å². The molecule has 0 bridgehead atoms. The van der Waals surface area contributed by atoms with Crippen LogP contribution in [0.15, 0.2) is 30.5 Å². The second-order valence-corrected chi connectivity index (χ2v) is 3.78. The number of aryl methyl sites for hydroxylation is 1. The number of nitrogens with zero attached hydrogens (tertiary/aromatic N) is 1. The van der Waals surface area contributed by atoms with Gasteiger partial charge >= 0.3 is 0 Å². The molecular formula is C11H11FN2S. The summed E-state index contributed by atoms with van der Waals surface area (Å²) in [6.45, 7) is -0.00857. The normalized spacial score (nSPS) is 10.7. The standard InChI is InChI=1S/C11H11FN2S/c12-4-6-14-5-3-8-1-2-9(11(13)15)7-10(8)14/h1-3,5,7H,4,6H2,(H2,13,15). The van der Waals surface area contributed by atoms with Crippen molar-refractivity contribution in [2.75, 3.05) is 6.67 Å². The van der Waals surface area contributed by atoms with Crippen LogP contribution in [-0.4, -0.2) is 16.2 Å². The van der Waals surface area contributed by atoms with E-state index in [9.17, 15) is 4.39 Å². The quantitative estimate of drug-likeness (QED) is 0.807. The SMILES string of the molecule is NC(=S)c1ccc2ccn(CCF)c2c1. The summed E-state index contributed by atoms with van der Waals surface area (Å²) in [5.41, 5.74) is 7.33. The van der Waals surface area contributed by atoms with Crippen LogP contribution in [0.4, 0.5) is 4.39 Å². The van der Waals surface area contributed by atoms with Gasteiger partial charge in [0.2, 0.25) is 0 Å². The molecule has 15 heavy (non-hydrogen) atoms. The van der Waals surface area contributed by atoms with Gasteiger partial charge in [-0.3, -0.25) is 0 Å². The Labute approximate surface area is 92.5 Å². The molecule has 2 nitrogen and oxygen atoms in total. The second-order valence-electron chi connectivity index (χ2n) is 3.34. The highest BCUT2D eigenvalue weighted by atomic mass is 32.1. The molecule has 2 N–H and O–H groups in total. The van der Waals surface area contributed by atoms with Gasteiger partial charge in [-0.05, 0) is 17.5 Å². The molecule has 0 spiro atoms. The van der Waals surface area contributed by atoms with Gasteiger partial charge in [-0.2, -0.15) is 0 Å². The van der Waals surface area contributed by atoms with Crippen LogP contribution in [0.1, 0.15) is 5.56 Å². The Kier molecular flexibility index (Phi) is 2.68. The first kappa shape index (κ1) is 10.1. The van der Waals surface area contributed by atoms with Gasteiger partial charge in [0, 0.05) is 17.3 Å². The van der Waals surface area contributed by atoms with Crippen molar-refractivity contribution >= 4 is 28.1 Å². The Morgan fingerprint density at radius 3 is 2.87 bits per heavy atom. The maximum atomic E-state index is 12.3. The minimum Gasteiger partial charge on any atom is -0.389 e. The fraction of sp³-hybridized carbons (Fsp3) is 0.182. The smallest absolute Gasteiger partial charge is 0.107 e. The van der Waals surface area contributed by atoms with Gasteiger partial charge in [0.05, 0.1) is 6.54 Å². The highest BCUT2D eigenvalue weighted by Crippen LogP contribution is 2.17. The van der Waals surface area contributed by atoms with Gasteiger partial charge in [-0.25, -0.2) is 4.39 Å². The zero-order valence-electron chi connectivity index (χ0n) is 8.11. The van der Waals surface area contributed by atoms with Crippen LogP contribution in [0.5, 0.6) is 0 Å². The molecule has 0 aliphatic carbocycles. The second kappa shape index (κ2) is 3.98. The van der Waals surface area contributed by atoms with Crippen LogP contribution >= 0.6 is 12.2 Å². The minimum atomic E-state index is -0.374. The summed E-state index contributed by atoms with van der Waals surface area (Å²) in [5.74, 6) is 0. The number of thiocarbonyl (C=S) groups is 1. The first-order valence-corrected chi connectivity index (χ1v) is 5.08. The first-order valence-electron chi connectivity index (χ1n) is 4.67. The van der Waals surface area contributed by atoms with E-state index in [0.29, 0.717) is 11.5 Å². The Balaban J connectivity index is 2.56. The Bertz CT molecular complexity index is 504. The molecule has 0 saturated carbocycles. The van der Waals surface area contributed by atoms with E-state index >= 15 is 0 Å². The summed E-state index contributed by atoms with van der Waals surface area (Å²) in [6, 6.07) is 7.67. The van der Waals surface area contributed by atoms with Crippen LogP contribution in [0.25, 0.3) is 10.9 Å². The van der Waals surface area contributed by atoms with Crippen molar-refractivity contribution in [3.8, 4) is 0 Å². The van der Waals surface area contributed by atoms with E-state index in [2.05, 4.69) is 0 Å². The molecule has 0 fully saturated rings. The van der Waals surface area contributed by atoms with E-state index in [4.69, 9.17) is 18.0 Å². The van der Waals surface area contributed by atoms with E-state index in [0.717, 1.165) is 16.5 Å². The third kappa shape index (κ3) is 1.85. The highest BCUT2D eigenvalue weighted by molar-refractivity contribution is 7.80. The number of fused-ring (bicyclic) bond motifs is 1. The maximum absolute atomic E-state index is 12.3. The zero-order valence-corrected chi connectivity index (χ0v) is 8.93. The summed E-state index contributed by atoms with van der Waals surface area (Å²) in [6.07, 6.45) is 1.87. The lowest BCUT2D eigenvalue weighted by molar-refractivity contribution is 0.451. The molecule has 78 valence electrons. The van der Waals surface area contributed by atoms with Crippen LogP contribution in [-0.2, 0) is 6.54 Å². The van der Waals surface area contributed by atoms with Crippen LogP contribution in [0, 0.1) is 0 Å². The topological polar surface area (TPSA) is 30.9 Å². The summed E-state index contributed by atoms with van der Waals surface area (Å²) >= 11 is 4.90. The molecule has 0 atom stereocenters. The molecule has 4 heteroatoms. The molecule has 1 heterocycles. The number of halogens is 1. The molecule has 2 aromatic rings. The molecular weight excluding hydrogens is 211 g/mol. The van der Waals surface area contributed by atoms with Crippen LogP contribution < -0.4 is 5.73 Å². The van der Waals surface area contributed by atoms with Crippen molar-refractivity contribution in [2.45, 2.75) is 6.54 Å². The van der Waals surface area contributed by atoms with E-state index < -0.39 is 0 Å². The van der Waals surface area contributed by atoms with Crippen molar-refractivity contribution < 1.29 is 4.39 Å². The average molecular weight is 222 g/mol. The lowest BCUT2D eigenvalue weighted by Gasteiger charge is -2.03. The summed E-state index contributed by atoms with van der Waals surface area (Å²) < 4.78 is 14.1. The molecule has 0 aliphatic heterocycles. The van der Waals surface area contributed by atoms with Gasteiger partial charge in [0.15, 0.2) is 0 Å². The van der Waals surface area contributed by atoms with Crippen LogP contribution in [0.3, 0.4) is 0 Å². The number of rotatable bonds is 3. The number of alkyl halides is 1. The first-order chi connectivity index (χ1) is 7.22. The third-order valence-electron chi connectivity index (χ3n) is 2.38. The Morgan fingerprint density at radius 1 is 1.40 bits per heavy atom. The molecule has 0 saturated heterocycles. The largest absolute Gasteiger partial charge is 0.389 e. The molecule has 0 radical (unpaired) electrons. The van der Waals surface area contributed by atoms with Gasteiger partial charge < -0.3 is 10.3 Å². The molecule has 0 aliphatic rings. The number of benzene rings is 1. The van der Waals surface area contributed by atoms with Crippen LogP contribution in [0.2, 0.25) is 0 Å². The predicted molar refractivity (Wildman–Crippen MR) is 63.8 cm³/mol. The van der Waals surface area contributed by atoms with E-state index in [1.165, 1.54) is 0 Å². The summed E-state index contributed by atoms with van der Waals surface area (Å²) in [4.78, 5) is 0.366. The van der Waals surface area contributed by atoms with Crippen molar-refractivity contribution in [2.24, 2.45) is 5.73 Å². The molecule has 0 amide bonds. The van der Waals surface area contributed by atoms with Crippen molar-refractivity contribution in [3.63, 3.8) is 0 Å². The Hall–Kier alpha value is -1.42. The van der Waals surface area contributed by atoms with Crippen molar-refractivity contribution in [1.82, 2.24) is 4.57 Å². The zero-order chi connectivity index (χ0) is 10.8. The fourth-order valence-corrected chi connectivity index (χ4v) is 1.75. The molecule has 1 aromatic carbocycles.